The number of hydrogen-bond donors (Lipinski definition) is 1. The number of likely N-dealkylation sites (tertiary alicyclic amines) is 1. The van der Waals surface area contributed by atoms with Gasteiger partial charge in [0.2, 0.25) is 17.7 Å². The highest BCUT2D eigenvalue weighted by Crippen LogP contribution is 2.65. The molecule has 2 saturated carbocycles. The normalized spacial score (nSPS) is 36.3. The first-order valence-corrected chi connectivity index (χ1v) is 9.51. The number of allylic oxidation sites excluding steroid dienone is 2. The minimum absolute atomic E-state index is 0.170. The van der Waals surface area contributed by atoms with Crippen molar-refractivity contribution in [1.29, 1.82) is 0 Å². The van der Waals surface area contributed by atoms with Gasteiger partial charge in [0.05, 0.1) is 18.9 Å². The van der Waals surface area contributed by atoms with Crippen LogP contribution in [0.3, 0.4) is 0 Å². The number of anilines is 1. The van der Waals surface area contributed by atoms with E-state index in [1.165, 1.54) is 4.90 Å². The fourth-order valence-corrected chi connectivity index (χ4v) is 5.40. The zero-order valence-electron chi connectivity index (χ0n) is 15.3. The van der Waals surface area contributed by atoms with Crippen LogP contribution in [0.4, 0.5) is 5.69 Å². The monoisotopic (exact) mass is 366 g/mol. The van der Waals surface area contributed by atoms with Crippen LogP contribution in [0.5, 0.6) is 5.75 Å². The van der Waals surface area contributed by atoms with E-state index in [0.29, 0.717) is 23.3 Å². The maximum absolute atomic E-state index is 13.1. The first-order chi connectivity index (χ1) is 13.0. The Morgan fingerprint density at radius 1 is 1.07 bits per heavy atom. The molecule has 3 fully saturated rings. The molecule has 7 atom stereocenters. The average Bonchev–Trinajstić information content (AvgIpc) is 3.46. The van der Waals surface area contributed by atoms with E-state index < -0.39 is 6.04 Å². The number of ether oxygens (including phenoxy) is 1. The van der Waals surface area contributed by atoms with Gasteiger partial charge in [0.25, 0.3) is 0 Å². The van der Waals surface area contributed by atoms with Gasteiger partial charge in [-0.25, -0.2) is 0 Å². The van der Waals surface area contributed by atoms with E-state index in [0.717, 1.165) is 6.42 Å². The summed E-state index contributed by atoms with van der Waals surface area (Å²) in [6.07, 6.45) is 5.40. The first-order valence-electron chi connectivity index (χ1n) is 9.51. The molecular formula is C21H22N2O4. The minimum atomic E-state index is -0.826. The van der Waals surface area contributed by atoms with Crippen LogP contribution in [0, 0.1) is 35.5 Å². The van der Waals surface area contributed by atoms with Crippen molar-refractivity contribution in [3.05, 3.63) is 36.4 Å². The summed E-state index contributed by atoms with van der Waals surface area (Å²) in [5, 5.41) is 2.79. The summed E-state index contributed by atoms with van der Waals surface area (Å²) in [7, 11) is 1.58. The molecule has 27 heavy (non-hydrogen) atoms. The van der Waals surface area contributed by atoms with Crippen molar-refractivity contribution in [2.75, 3.05) is 12.4 Å². The third-order valence-electron chi connectivity index (χ3n) is 6.82. The van der Waals surface area contributed by atoms with Crippen molar-refractivity contribution in [1.82, 2.24) is 4.90 Å². The SMILES string of the molecule is COc1ccc(NC(=O)[C@@H](C)N2C(=O)[C@@H]3[C@@H]4C=C[C@H]([C@H]5C[C@H]45)[C@@H]3C2=O)cc1. The molecule has 1 N–H and O–H groups in total. The molecule has 0 aromatic heterocycles. The van der Waals surface area contributed by atoms with E-state index in [1.807, 2.05) is 0 Å². The molecule has 3 amide bonds. The van der Waals surface area contributed by atoms with Gasteiger partial charge >= 0.3 is 0 Å². The highest BCUT2D eigenvalue weighted by Gasteiger charge is 2.67. The molecule has 140 valence electrons. The van der Waals surface area contributed by atoms with Crippen LogP contribution in [0.15, 0.2) is 36.4 Å². The minimum Gasteiger partial charge on any atom is -0.497 e. The Kier molecular flexibility index (Phi) is 3.48. The summed E-state index contributed by atoms with van der Waals surface area (Å²) < 4.78 is 5.11. The molecule has 6 heteroatoms. The molecule has 6 rings (SSSR count). The third-order valence-corrected chi connectivity index (χ3v) is 6.82. The molecular weight excluding hydrogens is 344 g/mol. The predicted octanol–water partition coefficient (Wildman–Crippen LogP) is 2.08. The van der Waals surface area contributed by atoms with E-state index in [1.54, 1.807) is 38.3 Å². The summed E-state index contributed by atoms with van der Waals surface area (Å²) in [4.78, 5) is 40.0. The topological polar surface area (TPSA) is 75.7 Å². The molecule has 0 unspecified atom stereocenters. The second kappa shape index (κ2) is 5.68. The third kappa shape index (κ3) is 2.28. The van der Waals surface area contributed by atoms with E-state index in [-0.39, 0.29) is 41.4 Å². The summed E-state index contributed by atoms with van der Waals surface area (Å²) in [5.74, 6) is 0.899. The van der Waals surface area contributed by atoms with Crippen LogP contribution >= 0.6 is 0 Å². The Balaban J connectivity index is 1.34. The van der Waals surface area contributed by atoms with Crippen LogP contribution in [0.25, 0.3) is 0 Å². The summed E-state index contributed by atoms with van der Waals surface area (Å²) >= 11 is 0. The Morgan fingerprint density at radius 2 is 1.63 bits per heavy atom. The van der Waals surface area contributed by atoms with Crippen LogP contribution < -0.4 is 10.1 Å². The molecule has 6 nitrogen and oxygen atoms in total. The Bertz CT molecular complexity index is 825. The van der Waals surface area contributed by atoms with Crippen LogP contribution in [0.1, 0.15) is 13.3 Å². The number of carbonyl (C=O) groups is 3. The van der Waals surface area contributed by atoms with E-state index in [2.05, 4.69) is 17.5 Å². The molecule has 2 bridgehead atoms. The summed E-state index contributed by atoms with van der Waals surface area (Å²) in [5.41, 5.74) is 0.604. The first kappa shape index (κ1) is 16.5. The van der Waals surface area contributed by atoms with E-state index in [4.69, 9.17) is 4.74 Å². The van der Waals surface area contributed by atoms with Crippen molar-refractivity contribution >= 4 is 23.4 Å². The van der Waals surface area contributed by atoms with Crippen molar-refractivity contribution in [3.63, 3.8) is 0 Å². The largest absolute Gasteiger partial charge is 0.497 e. The molecule has 1 aromatic carbocycles. The number of rotatable bonds is 4. The van der Waals surface area contributed by atoms with Gasteiger partial charge in [0, 0.05) is 5.69 Å². The maximum Gasteiger partial charge on any atom is 0.247 e. The van der Waals surface area contributed by atoms with Gasteiger partial charge in [-0.3, -0.25) is 19.3 Å². The maximum atomic E-state index is 13.1. The van der Waals surface area contributed by atoms with Gasteiger partial charge < -0.3 is 10.1 Å². The average molecular weight is 366 g/mol. The highest BCUT2D eigenvalue weighted by molar-refractivity contribution is 6.10. The van der Waals surface area contributed by atoms with E-state index >= 15 is 0 Å². The van der Waals surface area contributed by atoms with Gasteiger partial charge in [-0.2, -0.15) is 0 Å². The number of methoxy groups -OCH3 is 1. The van der Waals surface area contributed by atoms with Gasteiger partial charge in [-0.1, -0.05) is 12.2 Å². The lowest BCUT2D eigenvalue weighted by atomic mass is 9.63. The van der Waals surface area contributed by atoms with Gasteiger partial charge in [-0.15, -0.1) is 0 Å². The van der Waals surface area contributed by atoms with Crippen molar-refractivity contribution in [2.24, 2.45) is 35.5 Å². The molecule has 1 aliphatic heterocycles. The Hall–Kier alpha value is -2.63. The van der Waals surface area contributed by atoms with Crippen molar-refractivity contribution < 1.29 is 19.1 Å². The van der Waals surface area contributed by atoms with E-state index in [9.17, 15) is 14.4 Å². The number of imide groups is 1. The number of amides is 3. The number of carbonyl (C=O) groups excluding carboxylic acids is 3. The lowest BCUT2D eigenvalue weighted by Crippen LogP contribution is -2.46. The number of benzene rings is 1. The van der Waals surface area contributed by atoms with Crippen LogP contribution in [-0.2, 0) is 14.4 Å². The zero-order chi connectivity index (χ0) is 18.9. The highest BCUT2D eigenvalue weighted by atomic mass is 16.5. The zero-order valence-corrected chi connectivity index (χ0v) is 15.3. The molecule has 0 spiro atoms. The van der Waals surface area contributed by atoms with Crippen molar-refractivity contribution in [2.45, 2.75) is 19.4 Å². The molecule has 4 aliphatic carbocycles. The summed E-state index contributed by atoms with van der Waals surface area (Å²) in [6, 6.07) is 6.13. The molecule has 1 heterocycles. The van der Waals surface area contributed by atoms with Crippen LogP contribution in [0.2, 0.25) is 0 Å². The standard InChI is InChI=1S/C21H22N2O4/c1-10(19(24)22-11-3-5-12(27-2)6-4-11)23-20(25)17-13-7-8-14(16-9-15(13)16)18(17)21(23)26/h3-8,10,13-18H,9H2,1-2H3,(H,22,24)/t10-,13-,14-,15-,16-,17-,18+/m1/s1. The quantitative estimate of drug-likeness (QED) is 0.654. The molecule has 5 aliphatic rings. The van der Waals surface area contributed by atoms with Gasteiger partial charge in [0.15, 0.2) is 0 Å². The second-order valence-electron chi connectivity index (χ2n) is 8.09. The fraction of sp³-hybridized carbons (Fsp3) is 0.476. The van der Waals surface area contributed by atoms with Crippen molar-refractivity contribution in [3.8, 4) is 5.75 Å². The van der Waals surface area contributed by atoms with Gasteiger partial charge in [0.1, 0.15) is 11.8 Å². The number of nitrogens with one attached hydrogen (secondary N) is 1. The Morgan fingerprint density at radius 3 is 2.15 bits per heavy atom. The predicted molar refractivity (Wildman–Crippen MR) is 97.6 cm³/mol. The lowest BCUT2D eigenvalue weighted by molar-refractivity contribution is -0.146. The van der Waals surface area contributed by atoms with Gasteiger partial charge in [-0.05, 0) is 61.3 Å². The lowest BCUT2D eigenvalue weighted by Gasteiger charge is -2.37. The molecule has 1 aromatic rings. The smallest absolute Gasteiger partial charge is 0.247 e. The number of nitrogens with zero attached hydrogens (tertiary/aromatic N) is 1. The number of hydrogen-bond acceptors (Lipinski definition) is 4. The Labute approximate surface area is 157 Å². The molecule has 1 saturated heterocycles. The second-order valence-corrected chi connectivity index (χ2v) is 8.09. The van der Waals surface area contributed by atoms with Crippen LogP contribution in [-0.4, -0.2) is 35.8 Å². The summed E-state index contributed by atoms with van der Waals surface area (Å²) in [6.45, 7) is 1.63. The fourth-order valence-electron chi connectivity index (χ4n) is 5.40. The molecule has 0 radical (unpaired) electrons.